The van der Waals surface area contributed by atoms with E-state index in [0.717, 1.165) is 18.5 Å². The van der Waals surface area contributed by atoms with Crippen molar-refractivity contribution >= 4 is 17.5 Å². The molecule has 3 rings (SSSR count). The second kappa shape index (κ2) is 4.31. The third kappa shape index (κ3) is 2.17. The lowest BCUT2D eigenvalue weighted by Gasteiger charge is -2.26. The maximum absolute atomic E-state index is 12.1. The maximum atomic E-state index is 12.1. The largest absolute Gasteiger partial charge is 0.374 e. The zero-order valence-electron chi connectivity index (χ0n) is 9.43. The molecule has 1 aromatic rings. The van der Waals surface area contributed by atoms with Gasteiger partial charge in [0.25, 0.3) is 0 Å². The molecule has 0 aliphatic carbocycles. The molecular formula is C13H14ClNO2. The van der Waals surface area contributed by atoms with Crippen LogP contribution in [0.3, 0.4) is 0 Å². The summed E-state index contributed by atoms with van der Waals surface area (Å²) in [5.41, 5.74) is 1.02. The third-order valence-electron chi connectivity index (χ3n) is 3.49. The quantitative estimate of drug-likeness (QED) is 0.803. The number of benzene rings is 1. The van der Waals surface area contributed by atoms with Gasteiger partial charge in [-0.15, -0.1) is 0 Å². The molecule has 0 aromatic heterocycles. The smallest absolute Gasteiger partial charge is 0.227 e. The van der Waals surface area contributed by atoms with Crippen molar-refractivity contribution in [3.63, 3.8) is 0 Å². The van der Waals surface area contributed by atoms with Crippen molar-refractivity contribution in [1.29, 1.82) is 0 Å². The number of carbonyl (C=O) groups is 1. The molecule has 2 aliphatic heterocycles. The van der Waals surface area contributed by atoms with E-state index in [1.54, 1.807) is 0 Å². The summed E-state index contributed by atoms with van der Waals surface area (Å²) in [5.74, 6) is 0.197. The van der Waals surface area contributed by atoms with E-state index >= 15 is 0 Å². The Morgan fingerprint density at radius 1 is 1.41 bits per heavy atom. The molecule has 2 fully saturated rings. The summed E-state index contributed by atoms with van der Waals surface area (Å²) in [6, 6.07) is 7.77. The van der Waals surface area contributed by atoms with E-state index in [0.29, 0.717) is 24.1 Å². The Labute approximate surface area is 105 Å². The minimum absolute atomic E-state index is 0.197. The molecule has 90 valence electrons. The second-order valence-corrected chi connectivity index (χ2v) is 5.13. The molecule has 3 nitrogen and oxygen atoms in total. The predicted molar refractivity (Wildman–Crippen MR) is 65.0 cm³/mol. The van der Waals surface area contributed by atoms with Gasteiger partial charge in [0.1, 0.15) is 0 Å². The van der Waals surface area contributed by atoms with Crippen molar-refractivity contribution in [3.8, 4) is 0 Å². The highest BCUT2D eigenvalue weighted by atomic mass is 35.5. The van der Waals surface area contributed by atoms with Gasteiger partial charge in [-0.05, 0) is 24.1 Å². The number of amides is 1. The van der Waals surface area contributed by atoms with Gasteiger partial charge in [0.2, 0.25) is 5.91 Å². The topological polar surface area (TPSA) is 29.5 Å². The van der Waals surface area contributed by atoms with Crippen molar-refractivity contribution in [3.05, 3.63) is 34.9 Å². The number of rotatable bonds is 2. The first-order valence-corrected chi connectivity index (χ1v) is 6.25. The standard InChI is InChI=1S/C13H14ClNO2/c14-10-3-1-9(2-4-10)5-13(16)15-7-12-6-11(15)8-17-12/h1-4,11-12H,5-8H2/t11-,12+/m0/s1. The van der Waals surface area contributed by atoms with E-state index in [2.05, 4.69) is 0 Å². The van der Waals surface area contributed by atoms with E-state index in [-0.39, 0.29) is 12.0 Å². The molecule has 2 bridgehead atoms. The van der Waals surface area contributed by atoms with Gasteiger partial charge >= 0.3 is 0 Å². The first-order chi connectivity index (χ1) is 8.22. The minimum Gasteiger partial charge on any atom is -0.374 e. The van der Waals surface area contributed by atoms with Gasteiger partial charge in [0.05, 0.1) is 25.2 Å². The number of likely N-dealkylation sites (tertiary alicyclic amines) is 1. The molecule has 17 heavy (non-hydrogen) atoms. The molecule has 0 spiro atoms. The minimum atomic E-state index is 0.197. The Balaban J connectivity index is 1.65. The Kier molecular flexibility index (Phi) is 2.81. The fourth-order valence-corrected chi connectivity index (χ4v) is 2.71. The van der Waals surface area contributed by atoms with Crippen LogP contribution in [0.15, 0.2) is 24.3 Å². The van der Waals surface area contributed by atoms with Crippen LogP contribution in [0.5, 0.6) is 0 Å². The summed E-state index contributed by atoms with van der Waals surface area (Å²) in [4.78, 5) is 14.1. The molecule has 2 aliphatic rings. The lowest BCUT2D eigenvalue weighted by Crippen LogP contribution is -2.42. The predicted octanol–water partition coefficient (Wildman–Crippen LogP) is 1.88. The van der Waals surface area contributed by atoms with Gasteiger partial charge in [0, 0.05) is 11.6 Å². The van der Waals surface area contributed by atoms with Crippen molar-refractivity contribution in [2.24, 2.45) is 0 Å². The Hall–Kier alpha value is -1.06. The second-order valence-electron chi connectivity index (χ2n) is 4.69. The van der Waals surface area contributed by atoms with E-state index in [1.807, 2.05) is 29.2 Å². The number of morpholine rings is 1. The van der Waals surface area contributed by atoms with Crippen LogP contribution in [-0.4, -0.2) is 36.1 Å². The normalized spacial score (nSPS) is 26.5. The van der Waals surface area contributed by atoms with Crippen LogP contribution >= 0.6 is 11.6 Å². The van der Waals surface area contributed by atoms with Crippen LogP contribution in [0.25, 0.3) is 0 Å². The van der Waals surface area contributed by atoms with Crippen LogP contribution in [0.1, 0.15) is 12.0 Å². The van der Waals surface area contributed by atoms with Crippen LogP contribution in [0, 0.1) is 0 Å². The number of fused-ring (bicyclic) bond motifs is 2. The molecule has 4 heteroatoms. The number of hydrogen-bond acceptors (Lipinski definition) is 2. The van der Waals surface area contributed by atoms with Crippen LogP contribution in [0.2, 0.25) is 5.02 Å². The molecule has 1 aromatic carbocycles. The SMILES string of the molecule is O=C(Cc1ccc(Cl)cc1)N1C[C@H]2C[C@H]1CO2. The molecule has 2 atom stereocenters. The molecule has 1 amide bonds. The lowest BCUT2D eigenvalue weighted by atomic mass is 10.1. The van der Waals surface area contributed by atoms with Gasteiger partial charge < -0.3 is 9.64 Å². The van der Waals surface area contributed by atoms with E-state index in [1.165, 1.54) is 0 Å². The highest BCUT2D eigenvalue weighted by molar-refractivity contribution is 6.30. The lowest BCUT2D eigenvalue weighted by molar-refractivity contribution is -0.134. The van der Waals surface area contributed by atoms with Gasteiger partial charge in [0.15, 0.2) is 0 Å². The molecule has 0 unspecified atom stereocenters. The molecule has 2 heterocycles. The van der Waals surface area contributed by atoms with E-state index in [9.17, 15) is 4.79 Å². The van der Waals surface area contributed by atoms with Crippen molar-refractivity contribution in [2.75, 3.05) is 13.2 Å². The van der Waals surface area contributed by atoms with Crippen molar-refractivity contribution in [2.45, 2.75) is 25.0 Å². The van der Waals surface area contributed by atoms with E-state index < -0.39 is 0 Å². The zero-order chi connectivity index (χ0) is 11.8. The summed E-state index contributed by atoms with van der Waals surface area (Å²) < 4.78 is 5.49. The highest BCUT2D eigenvalue weighted by Gasteiger charge is 2.41. The van der Waals surface area contributed by atoms with Gasteiger partial charge in [-0.25, -0.2) is 0 Å². The van der Waals surface area contributed by atoms with Gasteiger partial charge in [-0.3, -0.25) is 4.79 Å². The summed E-state index contributed by atoms with van der Waals surface area (Å²) in [6.07, 6.45) is 1.74. The first kappa shape index (κ1) is 11.1. The summed E-state index contributed by atoms with van der Waals surface area (Å²) >= 11 is 5.81. The Morgan fingerprint density at radius 2 is 2.18 bits per heavy atom. The van der Waals surface area contributed by atoms with Crippen molar-refractivity contribution < 1.29 is 9.53 Å². The van der Waals surface area contributed by atoms with Crippen LogP contribution in [0.4, 0.5) is 0 Å². The Morgan fingerprint density at radius 3 is 2.76 bits per heavy atom. The van der Waals surface area contributed by atoms with Crippen LogP contribution in [-0.2, 0) is 16.0 Å². The molecule has 0 radical (unpaired) electrons. The number of ether oxygens (including phenoxy) is 1. The molecule has 0 saturated carbocycles. The average Bonchev–Trinajstić information content (AvgIpc) is 2.94. The van der Waals surface area contributed by atoms with Gasteiger partial charge in [-0.2, -0.15) is 0 Å². The third-order valence-corrected chi connectivity index (χ3v) is 3.74. The molecule has 2 saturated heterocycles. The number of carbonyl (C=O) groups excluding carboxylic acids is 1. The monoisotopic (exact) mass is 251 g/mol. The number of hydrogen-bond donors (Lipinski definition) is 0. The van der Waals surface area contributed by atoms with Gasteiger partial charge in [-0.1, -0.05) is 23.7 Å². The maximum Gasteiger partial charge on any atom is 0.227 e. The molecular weight excluding hydrogens is 238 g/mol. The first-order valence-electron chi connectivity index (χ1n) is 5.88. The summed E-state index contributed by atoms with van der Waals surface area (Å²) in [5, 5.41) is 0.704. The summed E-state index contributed by atoms with van der Waals surface area (Å²) in [6.45, 7) is 1.47. The number of nitrogens with zero attached hydrogens (tertiary/aromatic N) is 1. The van der Waals surface area contributed by atoms with Crippen LogP contribution < -0.4 is 0 Å². The molecule has 0 N–H and O–H groups in total. The number of halogens is 1. The fraction of sp³-hybridized carbons (Fsp3) is 0.462. The fourth-order valence-electron chi connectivity index (χ4n) is 2.58. The zero-order valence-corrected chi connectivity index (χ0v) is 10.2. The average molecular weight is 252 g/mol. The van der Waals surface area contributed by atoms with Crippen molar-refractivity contribution in [1.82, 2.24) is 4.90 Å². The highest BCUT2D eigenvalue weighted by Crippen LogP contribution is 2.28. The summed E-state index contributed by atoms with van der Waals surface area (Å²) in [7, 11) is 0. The Bertz CT molecular complexity index is 432. The van der Waals surface area contributed by atoms with E-state index in [4.69, 9.17) is 16.3 Å².